The van der Waals surface area contributed by atoms with Gasteiger partial charge in [0.1, 0.15) is 5.82 Å². The predicted octanol–water partition coefficient (Wildman–Crippen LogP) is 3.33. The summed E-state index contributed by atoms with van der Waals surface area (Å²) in [6.07, 6.45) is 4.80. The first-order valence-corrected chi connectivity index (χ1v) is 10.4. The van der Waals surface area contributed by atoms with E-state index in [0.717, 1.165) is 24.2 Å². The Balaban J connectivity index is 1.54. The van der Waals surface area contributed by atoms with E-state index in [4.69, 9.17) is 0 Å². The lowest BCUT2D eigenvalue weighted by Gasteiger charge is -2.15. The number of carbonyl (C=O) groups is 2. The third-order valence-corrected chi connectivity index (χ3v) is 5.22. The van der Waals surface area contributed by atoms with Crippen molar-refractivity contribution in [1.82, 2.24) is 24.6 Å². The molecule has 0 radical (unpaired) electrons. The fourth-order valence-electron chi connectivity index (χ4n) is 3.43. The van der Waals surface area contributed by atoms with Crippen LogP contribution in [0.5, 0.6) is 0 Å². The lowest BCUT2D eigenvalue weighted by Crippen LogP contribution is -2.23. The predicted molar refractivity (Wildman–Crippen MR) is 117 cm³/mol. The summed E-state index contributed by atoms with van der Waals surface area (Å²) in [6, 6.07) is 10.9. The van der Waals surface area contributed by atoms with E-state index in [1.807, 2.05) is 23.1 Å². The van der Waals surface area contributed by atoms with Crippen molar-refractivity contribution < 1.29 is 9.59 Å². The van der Waals surface area contributed by atoms with Gasteiger partial charge in [0.15, 0.2) is 0 Å². The number of likely N-dealkylation sites (tertiary alicyclic amines) is 1. The molecule has 4 rings (SSSR count). The van der Waals surface area contributed by atoms with Gasteiger partial charge in [-0.15, -0.1) is 0 Å². The molecule has 8 heteroatoms. The van der Waals surface area contributed by atoms with E-state index in [1.165, 1.54) is 0 Å². The number of hydrogen-bond acceptors (Lipinski definition) is 5. The second-order valence-corrected chi connectivity index (χ2v) is 8.70. The quantitative estimate of drug-likeness (QED) is 0.686. The van der Waals surface area contributed by atoms with Gasteiger partial charge in [-0.3, -0.25) is 9.59 Å². The van der Waals surface area contributed by atoms with Crippen LogP contribution in [-0.2, 0) is 16.8 Å². The minimum absolute atomic E-state index is 0.188. The fraction of sp³-hybridized carbons (Fsp3) is 0.348. The van der Waals surface area contributed by atoms with E-state index in [2.05, 4.69) is 41.2 Å². The fourth-order valence-corrected chi connectivity index (χ4v) is 3.43. The van der Waals surface area contributed by atoms with Crippen molar-refractivity contribution in [3.8, 4) is 5.95 Å². The number of anilines is 1. The molecule has 1 aromatic carbocycles. The molecule has 31 heavy (non-hydrogen) atoms. The van der Waals surface area contributed by atoms with E-state index in [-0.39, 0.29) is 17.2 Å². The van der Waals surface area contributed by atoms with Crippen molar-refractivity contribution in [3.05, 3.63) is 65.6 Å². The SMILES string of the molecule is CC(C)(C)c1cc(NC(=O)c2ccc(CN3CCCC3=O)cc2)n(-c2ncccn2)n1. The summed E-state index contributed by atoms with van der Waals surface area (Å²) < 4.78 is 1.55. The molecule has 2 amide bonds. The molecular weight excluding hydrogens is 392 g/mol. The van der Waals surface area contributed by atoms with E-state index in [9.17, 15) is 9.59 Å². The molecule has 2 aromatic heterocycles. The molecule has 8 nitrogen and oxygen atoms in total. The molecule has 0 saturated carbocycles. The highest BCUT2D eigenvalue weighted by atomic mass is 16.2. The Kier molecular flexibility index (Phi) is 5.54. The van der Waals surface area contributed by atoms with Crippen molar-refractivity contribution in [2.45, 2.75) is 45.6 Å². The molecule has 1 N–H and O–H groups in total. The molecule has 0 atom stereocenters. The summed E-state index contributed by atoms with van der Waals surface area (Å²) in [5.74, 6) is 0.834. The maximum absolute atomic E-state index is 12.9. The zero-order chi connectivity index (χ0) is 22.0. The molecule has 1 fully saturated rings. The average molecular weight is 419 g/mol. The van der Waals surface area contributed by atoms with Crippen LogP contribution >= 0.6 is 0 Å². The first-order chi connectivity index (χ1) is 14.8. The normalized spacial score (nSPS) is 14.2. The monoisotopic (exact) mass is 418 g/mol. The first-order valence-electron chi connectivity index (χ1n) is 10.4. The molecule has 3 heterocycles. The van der Waals surface area contributed by atoms with E-state index in [1.54, 1.807) is 35.3 Å². The molecule has 0 aliphatic carbocycles. The van der Waals surface area contributed by atoms with E-state index < -0.39 is 0 Å². The minimum atomic E-state index is -0.249. The molecule has 1 saturated heterocycles. The number of rotatable bonds is 5. The second-order valence-electron chi connectivity index (χ2n) is 8.70. The lowest BCUT2D eigenvalue weighted by molar-refractivity contribution is -0.128. The average Bonchev–Trinajstić information content (AvgIpc) is 3.35. The number of carbonyl (C=O) groups excluding carboxylic acids is 2. The van der Waals surface area contributed by atoms with Crippen molar-refractivity contribution in [2.75, 3.05) is 11.9 Å². The van der Waals surface area contributed by atoms with E-state index in [0.29, 0.717) is 30.3 Å². The largest absolute Gasteiger partial charge is 0.338 e. The van der Waals surface area contributed by atoms with Gasteiger partial charge in [0.05, 0.1) is 5.69 Å². The van der Waals surface area contributed by atoms with Gasteiger partial charge in [0.25, 0.3) is 11.9 Å². The Bertz CT molecular complexity index is 1080. The number of nitrogens with one attached hydrogen (secondary N) is 1. The molecule has 0 spiro atoms. The van der Waals surface area contributed by atoms with Crippen molar-refractivity contribution >= 4 is 17.6 Å². The summed E-state index contributed by atoms with van der Waals surface area (Å²) in [5, 5.41) is 7.55. The van der Waals surface area contributed by atoms with Crippen molar-refractivity contribution in [1.29, 1.82) is 0 Å². The summed E-state index contributed by atoms with van der Waals surface area (Å²) in [5.41, 5.74) is 2.15. The maximum Gasteiger partial charge on any atom is 0.256 e. The van der Waals surface area contributed by atoms with Crippen LogP contribution in [0.15, 0.2) is 48.8 Å². The Morgan fingerprint density at radius 2 is 1.84 bits per heavy atom. The van der Waals surface area contributed by atoms with Crippen molar-refractivity contribution in [2.24, 2.45) is 0 Å². The topological polar surface area (TPSA) is 93.0 Å². The smallest absolute Gasteiger partial charge is 0.256 e. The minimum Gasteiger partial charge on any atom is -0.338 e. The van der Waals surface area contributed by atoms with Gasteiger partial charge in [-0.2, -0.15) is 9.78 Å². The highest BCUT2D eigenvalue weighted by Gasteiger charge is 2.23. The third-order valence-electron chi connectivity index (χ3n) is 5.22. The molecule has 0 unspecified atom stereocenters. The maximum atomic E-state index is 12.9. The van der Waals surface area contributed by atoms with Crippen LogP contribution in [-0.4, -0.2) is 43.0 Å². The molecule has 0 bridgehead atoms. The van der Waals surface area contributed by atoms with Crippen LogP contribution in [0.1, 0.15) is 55.2 Å². The highest BCUT2D eigenvalue weighted by molar-refractivity contribution is 6.04. The Labute approximate surface area is 181 Å². The van der Waals surface area contributed by atoms with Gasteiger partial charge >= 0.3 is 0 Å². The Morgan fingerprint density at radius 1 is 1.13 bits per heavy atom. The summed E-state index contributed by atoms with van der Waals surface area (Å²) in [7, 11) is 0. The summed E-state index contributed by atoms with van der Waals surface area (Å²) >= 11 is 0. The van der Waals surface area contributed by atoms with Gasteiger partial charge in [0, 0.05) is 48.9 Å². The first kappa shape index (κ1) is 20.7. The van der Waals surface area contributed by atoms with Gasteiger partial charge in [-0.1, -0.05) is 32.9 Å². The van der Waals surface area contributed by atoms with Crippen LogP contribution in [0, 0.1) is 0 Å². The number of nitrogens with zero attached hydrogens (tertiary/aromatic N) is 5. The summed E-state index contributed by atoms with van der Waals surface area (Å²) in [4.78, 5) is 35.1. The number of hydrogen-bond donors (Lipinski definition) is 1. The molecular formula is C23H26N6O2. The number of amides is 2. The zero-order valence-corrected chi connectivity index (χ0v) is 18.0. The van der Waals surface area contributed by atoms with Gasteiger partial charge in [-0.05, 0) is 30.2 Å². The van der Waals surface area contributed by atoms with Gasteiger partial charge in [0.2, 0.25) is 5.91 Å². The van der Waals surface area contributed by atoms with Crippen LogP contribution < -0.4 is 5.32 Å². The van der Waals surface area contributed by atoms with E-state index >= 15 is 0 Å². The van der Waals surface area contributed by atoms with Gasteiger partial charge < -0.3 is 10.2 Å². The van der Waals surface area contributed by atoms with Crippen LogP contribution in [0.2, 0.25) is 0 Å². The van der Waals surface area contributed by atoms with Crippen molar-refractivity contribution in [3.63, 3.8) is 0 Å². The highest BCUT2D eigenvalue weighted by Crippen LogP contribution is 2.25. The van der Waals surface area contributed by atoms with Crippen LogP contribution in [0.4, 0.5) is 5.82 Å². The second kappa shape index (κ2) is 8.29. The zero-order valence-electron chi connectivity index (χ0n) is 18.0. The Morgan fingerprint density at radius 3 is 2.45 bits per heavy atom. The third kappa shape index (κ3) is 4.63. The molecule has 1 aliphatic heterocycles. The van der Waals surface area contributed by atoms with Crippen LogP contribution in [0.25, 0.3) is 5.95 Å². The molecule has 1 aliphatic rings. The number of benzene rings is 1. The van der Waals surface area contributed by atoms with Gasteiger partial charge in [-0.25, -0.2) is 9.97 Å². The number of aromatic nitrogens is 4. The Hall–Kier alpha value is -3.55. The standard InChI is InChI=1S/C23H26N6O2/c1-23(2,3)18-14-19(29(27-18)22-24-11-5-12-25-22)26-21(31)17-9-7-16(8-10-17)15-28-13-4-6-20(28)30/h5,7-12,14H,4,6,13,15H2,1-3H3,(H,26,31). The molecule has 160 valence electrons. The summed E-state index contributed by atoms with van der Waals surface area (Å²) in [6.45, 7) is 7.54. The molecule has 3 aromatic rings. The van der Waals surface area contributed by atoms with Crippen LogP contribution in [0.3, 0.4) is 0 Å². The lowest BCUT2D eigenvalue weighted by atomic mass is 9.92.